The van der Waals surface area contributed by atoms with Gasteiger partial charge in [-0.1, -0.05) is 48.5 Å². The number of aromatic nitrogens is 2. The number of allylic oxidation sites excluding steroid dienone is 1. The molecule has 0 atom stereocenters. The van der Waals surface area contributed by atoms with Crippen LogP contribution in [0.4, 0.5) is 0 Å². The maximum absolute atomic E-state index is 12.5. The molecule has 6 heteroatoms. The Kier molecular flexibility index (Phi) is 5.66. The van der Waals surface area contributed by atoms with Crippen LogP contribution in [0.5, 0.6) is 0 Å². The highest BCUT2D eigenvalue weighted by Crippen LogP contribution is 2.11. The molecule has 0 spiro atoms. The van der Waals surface area contributed by atoms with Crippen LogP contribution in [0.2, 0.25) is 0 Å². The number of rotatable bonds is 7. The summed E-state index contributed by atoms with van der Waals surface area (Å²) >= 11 is 0. The summed E-state index contributed by atoms with van der Waals surface area (Å²) in [5.41, 5.74) is 1.02. The van der Waals surface area contributed by atoms with Crippen LogP contribution < -0.4 is 16.4 Å². The zero-order chi connectivity index (χ0) is 19.2. The number of nitrogens with zero attached hydrogens (tertiary/aromatic N) is 2. The molecule has 0 aliphatic carbocycles. The Morgan fingerprint density at radius 1 is 0.926 bits per heavy atom. The minimum atomic E-state index is -0.633. The maximum Gasteiger partial charge on any atom is 0.317 e. The molecule has 0 saturated heterocycles. The van der Waals surface area contributed by atoms with Crippen molar-refractivity contribution >= 4 is 16.9 Å². The number of amides is 1. The van der Waals surface area contributed by atoms with Crippen LogP contribution in [0.15, 0.2) is 76.8 Å². The lowest BCUT2D eigenvalue weighted by atomic mass is 10.2. The second-order valence-corrected chi connectivity index (χ2v) is 6.16. The first-order valence-electron chi connectivity index (χ1n) is 8.75. The van der Waals surface area contributed by atoms with Gasteiger partial charge < -0.3 is 9.88 Å². The number of carbonyl (C=O) groups excluding carboxylic acids is 1. The molecule has 0 bridgehead atoms. The Morgan fingerprint density at radius 2 is 1.52 bits per heavy atom. The van der Waals surface area contributed by atoms with Crippen LogP contribution in [0, 0.1) is 0 Å². The first kappa shape index (κ1) is 18.4. The Labute approximate surface area is 156 Å². The average molecular weight is 363 g/mol. The van der Waals surface area contributed by atoms with E-state index in [1.807, 2.05) is 36.4 Å². The van der Waals surface area contributed by atoms with Gasteiger partial charge in [0.25, 0.3) is 0 Å². The number of para-hydroxylation sites is 2. The van der Waals surface area contributed by atoms with Crippen LogP contribution in [0.1, 0.15) is 12.0 Å². The van der Waals surface area contributed by atoms with E-state index in [1.165, 1.54) is 9.13 Å². The van der Waals surface area contributed by atoms with Crippen LogP contribution in [0.25, 0.3) is 11.0 Å². The SMILES string of the molecule is C=CCn1c(=O)c(=O)n(CCC(=O)NCc2ccccc2)c2ccccc21. The van der Waals surface area contributed by atoms with Crippen molar-refractivity contribution in [2.45, 2.75) is 26.1 Å². The molecule has 0 saturated carbocycles. The molecule has 27 heavy (non-hydrogen) atoms. The monoisotopic (exact) mass is 363 g/mol. The molecule has 138 valence electrons. The molecular weight excluding hydrogens is 342 g/mol. The summed E-state index contributed by atoms with van der Waals surface area (Å²) in [4.78, 5) is 37.1. The summed E-state index contributed by atoms with van der Waals surface area (Å²) in [5.74, 6) is -0.176. The Balaban J connectivity index is 1.81. The lowest BCUT2D eigenvalue weighted by molar-refractivity contribution is -0.121. The van der Waals surface area contributed by atoms with E-state index in [2.05, 4.69) is 11.9 Å². The number of carbonyl (C=O) groups is 1. The van der Waals surface area contributed by atoms with Crippen LogP contribution in [-0.4, -0.2) is 15.0 Å². The number of hydrogen-bond donors (Lipinski definition) is 1. The van der Waals surface area contributed by atoms with E-state index >= 15 is 0 Å². The molecule has 0 radical (unpaired) electrons. The van der Waals surface area contributed by atoms with Gasteiger partial charge in [-0.25, -0.2) is 0 Å². The molecule has 6 nitrogen and oxygen atoms in total. The fourth-order valence-electron chi connectivity index (χ4n) is 3.00. The van der Waals surface area contributed by atoms with Gasteiger partial charge in [-0.05, 0) is 17.7 Å². The first-order valence-corrected chi connectivity index (χ1v) is 8.75. The standard InChI is InChI=1S/C21H21N3O3/c1-2-13-23-17-10-6-7-11-18(17)24(21(27)20(23)26)14-12-19(25)22-15-16-8-4-3-5-9-16/h2-11H,1,12-15H2,(H,22,25). The third-order valence-electron chi connectivity index (χ3n) is 4.34. The highest BCUT2D eigenvalue weighted by Gasteiger charge is 2.13. The van der Waals surface area contributed by atoms with Crippen LogP contribution >= 0.6 is 0 Å². The van der Waals surface area contributed by atoms with Gasteiger partial charge in [0.2, 0.25) is 5.91 Å². The van der Waals surface area contributed by atoms with E-state index in [9.17, 15) is 14.4 Å². The zero-order valence-electron chi connectivity index (χ0n) is 14.9. The van der Waals surface area contributed by atoms with Crippen molar-refractivity contribution < 1.29 is 4.79 Å². The average Bonchev–Trinajstić information content (AvgIpc) is 2.70. The van der Waals surface area contributed by atoms with E-state index in [1.54, 1.807) is 24.3 Å². The molecule has 1 amide bonds. The van der Waals surface area contributed by atoms with Crippen molar-refractivity contribution in [3.05, 3.63) is 93.5 Å². The Bertz CT molecular complexity index is 1080. The van der Waals surface area contributed by atoms with Crippen molar-refractivity contribution in [2.75, 3.05) is 0 Å². The Morgan fingerprint density at radius 3 is 2.19 bits per heavy atom. The Hall–Kier alpha value is -3.41. The summed E-state index contributed by atoms with van der Waals surface area (Å²) in [6, 6.07) is 16.8. The number of benzene rings is 2. The second-order valence-electron chi connectivity index (χ2n) is 6.16. The van der Waals surface area contributed by atoms with Crippen molar-refractivity contribution in [3.8, 4) is 0 Å². The van der Waals surface area contributed by atoms with Gasteiger partial charge in [0.15, 0.2) is 0 Å². The molecule has 0 unspecified atom stereocenters. The number of aryl methyl sites for hydroxylation is 1. The quantitative estimate of drug-likeness (QED) is 0.516. The van der Waals surface area contributed by atoms with E-state index < -0.39 is 11.1 Å². The van der Waals surface area contributed by atoms with Crippen LogP contribution in [0.3, 0.4) is 0 Å². The third kappa shape index (κ3) is 4.06. The van der Waals surface area contributed by atoms with E-state index in [4.69, 9.17) is 0 Å². The van der Waals surface area contributed by atoms with E-state index in [0.717, 1.165) is 5.56 Å². The molecule has 3 aromatic rings. The normalized spacial score (nSPS) is 10.7. The summed E-state index contributed by atoms with van der Waals surface area (Å²) in [6.45, 7) is 4.47. The largest absolute Gasteiger partial charge is 0.352 e. The lowest BCUT2D eigenvalue weighted by Gasteiger charge is -2.14. The summed E-state index contributed by atoms with van der Waals surface area (Å²) < 4.78 is 2.77. The first-order chi connectivity index (χ1) is 13.1. The molecular formula is C21H21N3O3. The fourth-order valence-corrected chi connectivity index (χ4v) is 3.00. The third-order valence-corrected chi connectivity index (χ3v) is 4.34. The van der Waals surface area contributed by atoms with Gasteiger partial charge in [0, 0.05) is 26.1 Å². The predicted molar refractivity (Wildman–Crippen MR) is 106 cm³/mol. The smallest absolute Gasteiger partial charge is 0.317 e. The zero-order valence-corrected chi connectivity index (χ0v) is 14.9. The number of hydrogen-bond acceptors (Lipinski definition) is 3. The highest BCUT2D eigenvalue weighted by molar-refractivity contribution is 5.77. The molecule has 1 N–H and O–H groups in total. The molecule has 3 rings (SSSR count). The summed E-state index contributed by atoms with van der Waals surface area (Å²) in [7, 11) is 0. The van der Waals surface area contributed by atoms with Crippen molar-refractivity contribution in [2.24, 2.45) is 0 Å². The molecule has 0 fully saturated rings. The minimum Gasteiger partial charge on any atom is -0.352 e. The van der Waals surface area contributed by atoms with Gasteiger partial charge >= 0.3 is 11.1 Å². The minimum absolute atomic E-state index is 0.113. The molecule has 1 heterocycles. The van der Waals surface area contributed by atoms with Crippen LogP contribution in [-0.2, 0) is 24.4 Å². The van der Waals surface area contributed by atoms with Gasteiger partial charge in [-0.15, -0.1) is 6.58 Å². The van der Waals surface area contributed by atoms with Crippen molar-refractivity contribution in [1.82, 2.24) is 14.5 Å². The predicted octanol–water partition coefficient (Wildman–Crippen LogP) is 2.06. The topological polar surface area (TPSA) is 73.1 Å². The molecule has 1 aromatic heterocycles. The molecule has 2 aromatic carbocycles. The number of fused-ring (bicyclic) bond motifs is 1. The molecule has 0 aliphatic heterocycles. The summed E-state index contributed by atoms with van der Waals surface area (Å²) in [6.07, 6.45) is 1.69. The van der Waals surface area contributed by atoms with Gasteiger partial charge in [-0.2, -0.15) is 0 Å². The number of nitrogens with one attached hydrogen (secondary N) is 1. The fraction of sp³-hybridized carbons (Fsp3) is 0.190. The van der Waals surface area contributed by atoms with Gasteiger partial charge in [0.1, 0.15) is 0 Å². The van der Waals surface area contributed by atoms with Crippen molar-refractivity contribution in [3.63, 3.8) is 0 Å². The maximum atomic E-state index is 12.5. The van der Waals surface area contributed by atoms with Gasteiger partial charge in [0.05, 0.1) is 11.0 Å². The van der Waals surface area contributed by atoms with E-state index in [-0.39, 0.29) is 25.4 Å². The lowest BCUT2D eigenvalue weighted by Crippen LogP contribution is -2.42. The second kappa shape index (κ2) is 8.31. The highest BCUT2D eigenvalue weighted by atomic mass is 16.2. The van der Waals surface area contributed by atoms with Gasteiger partial charge in [-0.3, -0.25) is 19.0 Å². The molecule has 0 aliphatic rings. The van der Waals surface area contributed by atoms with Crippen molar-refractivity contribution in [1.29, 1.82) is 0 Å². The summed E-state index contributed by atoms with van der Waals surface area (Å²) in [5, 5.41) is 2.83. The van der Waals surface area contributed by atoms with E-state index in [0.29, 0.717) is 17.6 Å².